The van der Waals surface area contributed by atoms with Crippen molar-refractivity contribution in [3.8, 4) is 0 Å². The lowest BCUT2D eigenvalue weighted by Gasteiger charge is -2.06. The molecule has 0 spiro atoms. The van der Waals surface area contributed by atoms with E-state index in [0.717, 1.165) is 21.5 Å². The lowest BCUT2D eigenvalue weighted by Crippen LogP contribution is -2.25. The minimum Gasteiger partial charge on any atom is -0.345 e. The van der Waals surface area contributed by atoms with E-state index in [2.05, 4.69) is 31.2 Å². The predicted octanol–water partition coefficient (Wildman–Crippen LogP) is 2.98. The first-order valence-electron chi connectivity index (χ1n) is 7.03. The zero-order chi connectivity index (χ0) is 15.5. The van der Waals surface area contributed by atoms with Crippen LogP contribution in [0.5, 0.6) is 0 Å². The largest absolute Gasteiger partial charge is 0.345 e. The van der Waals surface area contributed by atoms with Crippen LogP contribution in [-0.2, 0) is 13.0 Å². The van der Waals surface area contributed by atoms with Crippen LogP contribution in [0.25, 0.3) is 5.65 Å². The summed E-state index contributed by atoms with van der Waals surface area (Å²) >= 11 is 3.43. The van der Waals surface area contributed by atoms with Crippen molar-refractivity contribution >= 4 is 27.5 Å². The Hall–Kier alpha value is -2.21. The fourth-order valence-corrected chi connectivity index (χ4v) is 2.65. The van der Waals surface area contributed by atoms with Crippen LogP contribution in [0.4, 0.5) is 0 Å². The minimum absolute atomic E-state index is 0.145. The van der Waals surface area contributed by atoms with Gasteiger partial charge in [-0.1, -0.05) is 13.0 Å². The SMILES string of the molecule is CCc1nc2ccc(Br)cn2c1C(=O)NCc1ccccn1. The third-order valence-electron chi connectivity index (χ3n) is 3.36. The highest BCUT2D eigenvalue weighted by atomic mass is 79.9. The molecular weight excluding hydrogens is 344 g/mol. The number of aromatic nitrogens is 3. The van der Waals surface area contributed by atoms with E-state index < -0.39 is 0 Å². The predicted molar refractivity (Wildman–Crippen MR) is 87.7 cm³/mol. The molecule has 1 N–H and O–H groups in total. The van der Waals surface area contributed by atoms with E-state index in [1.165, 1.54) is 0 Å². The second-order valence-electron chi connectivity index (χ2n) is 4.84. The van der Waals surface area contributed by atoms with Crippen LogP contribution in [0, 0.1) is 0 Å². The van der Waals surface area contributed by atoms with Gasteiger partial charge in [0.15, 0.2) is 0 Å². The van der Waals surface area contributed by atoms with Crippen molar-refractivity contribution in [2.24, 2.45) is 0 Å². The van der Waals surface area contributed by atoms with E-state index in [-0.39, 0.29) is 5.91 Å². The van der Waals surface area contributed by atoms with Crippen LogP contribution in [0.15, 0.2) is 47.2 Å². The van der Waals surface area contributed by atoms with E-state index >= 15 is 0 Å². The first kappa shape index (κ1) is 14.7. The first-order chi connectivity index (χ1) is 10.7. The van der Waals surface area contributed by atoms with Crippen molar-refractivity contribution < 1.29 is 4.79 Å². The Morgan fingerprint density at radius 1 is 1.32 bits per heavy atom. The van der Waals surface area contributed by atoms with E-state index in [0.29, 0.717) is 18.7 Å². The van der Waals surface area contributed by atoms with Crippen LogP contribution in [0.1, 0.15) is 28.8 Å². The maximum absolute atomic E-state index is 12.6. The second-order valence-corrected chi connectivity index (χ2v) is 5.76. The van der Waals surface area contributed by atoms with Gasteiger partial charge < -0.3 is 5.32 Å². The first-order valence-corrected chi connectivity index (χ1v) is 7.83. The number of hydrogen-bond donors (Lipinski definition) is 1. The number of rotatable bonds is 4. The van der Waals surface area contributed by atoms with Gasteiger partial charge in [0.2, 0.25) is 0 Å². The standard InChI is InChI=1S/C16H15BrN4O/c1-2-13-15(21-10-11(17)6-7-14(21)20-13)16(22)19-9-12-5-3-4-8-18-12/h3-8,10H,2,9H2,1H3,(H,19,22). The second kappa shape index (κ2) is 6.27. The summed E-state index contributed by atoms with van der Waals surface area (Å²) in [5.74, 6) is -0.145. The third-order valence-corrected chi connectivity index (χ3v) is 3.83. The Bertz CT molecular complexity index is 814. The van der Waals surface area contributed by atoms with Crippen molar-refractivity contribution in [2.75, 3.05) is 0 Å². The van der Waals surface area contributed by atoms with Gasteiger partial charge in [-0.25, -0.2) is 4.98 Å². The monoisotopic (exact) mass is 358 g/mol. The highest BCUT2D eigenvalue weighted by molar-refractivity contribution is 9.10. The number of amides is 1. The fraction of sp³-hybridized carbons (Fsp3) is 0.188. The molecule has 0 saturated carbocycles. The van der Waals surface area contributed by atoms with Crippen LogP contribution < -0.4 is 5.32 Å². The van der Waals surface area contributed by atoms with Gasteiger partial charge in [0.1, 0.15) is 11.3 Å². The molecule has 0 aliphatic carbocycles. The summed E-state index contributed by atoms with van der Waals surface area (Å²) in [6, 6.07) is 9.43. The van der Waals surface area contributed by atoms with Gasteiger partial charge >= 0.3 is 0 Å². The van der Waals surface area contributed by atoms with Gasteiger partial charge in [0.25, 0.3) is 5.91 Å². The Labute approximate surface area is 136 Å². The van der Waals surface area contributed by atoms with Gasteiger partial charge in [-0.2, -0.15) is 0 Å². The number of nitrogens with one attached hydrogen (secondary N) is 1. The smallest absolute Gasteiger partial charge is 0.270 e. The van der Waals surface area contributed by atoms with Crippen LogP contribution in [0.3, 0.4) is 0 Å². The Morgan fingerprint density at radius 3 is 2.91 bits per heavy atom. The molecule has 0 fully saturated rings. The molecule has 1 amide bonds. The Balaban J connectivity index is 1.91. The van der Waals surface area contributed by atoms with E-state index in [9.17, 15) is 4.79 Å². The summed E-state index contributed by atoms with van der Waals surface area (Å²) < 4.78 is 2.72. The van der Waals surface area contributed by atoms with Gasteiger partial charge in [-0.3, -0.25) is 14.2 Å². The molecule has 0 bridgehead atoms. The molecule has 3 heterocycles. The summed E-state index contributed by atoms with van der Waals surface area (Å²) in [4.78, 5) is 21.3. The molecule has 112 valence electrons. The third kappa shape index (κ3) is 2.87. The topological polar surface area (TPSA) is 59.3 Å². The number of aryl methyl sites for hydroxylation is 1. The molecule has 0 aliphatic rings. The molecule has 3 aromatic heterocycles. The van der Waals surface area contributed by atoms with Crippen molar-refractivity contribution in [1.29, 1.82) is 0 Å². The number of nitrogens with zero attached hydrogens (tertiary/aromatic N) is 3. The van der Waals surface area contributed by atoms with E-state index in [1.807, 2.05) is 47.9 Å². The summed E-state index contributed by atoms with van der Waals surface area (Å²) in [6.45, 7) is 2.39. The van der Waals surface area contributed by atoms with Crippen molar-refractivity contribution in [3.05, 3.63) is 64.3 Å². The number of pyridine rings is 2. The summed E-state index contributed by atoms with van der Waals surface area (Å²) in [5.41, 5.74) is 2.96. The van der Waals surface area contributed by atoms with E-state index in [1.54, 1.807) is 6.20 Å². The fourth-order valence-electron chi connectivity index (χ4n) is 2.31. The number of imidazole rings is 1. The molecule has 3 aromatic rings. The van der Waals surface area contributed by atoms with Crippen LogP contribution >= 0.6 is 15.9 Å². The molecule has 0 saturated heterocycles. The normalized spacial score (nSPS) is 10.8. The number of carbonyl (C=O) groups is 1. The maximum atomic E-state index is 12.6. The molecule has 5 nitrogen and oxygen atoms in total. The highest BCUT2D eigenvalue weighted by Gasteiger charge is 2.18. The van der Waals surface area contributed by atoms with Gasteiger partial charge in [0, 0.05) is 16.9 Å². The summed E-state index contributed by atoms with van der Waals surface area (Å²) in [5, 5.41) is 2.91. The summed E-state index contributed by atoms with van der Waals surface area (Å²) in [7, 11) is 0. The number of hydrogen-bond acceptors (Lipinski definition) is 3. The minimum atomic E-state index is -0.145. The molecule has 0 aliphatic heterocycles. The molecule has 0 unspecified atom stereocenters. The van der Waals surface area contributed by atoms with Gasteiger partial charge in [0.05, 0.1) is 17.9 Å². The maximum Gasteiger partial charge on any atom is 0.270 e. The molecule has 6 heteroatoms. The van der Waals surface area contributed by atoms with Crippen molar-refractivity contribution in [1.82, 2.24) is 19.7 Å². The molecule has 0 aromatic carbocycles. The lowest BCUT2D eigenvalue weighted by molar-refractivity contribution is 0.0943. The quantitative estimate of drug-likeness (QED) is 0.779. The zero-order valence-electron chi connectivity index (χ0n) is 12.1. The van der Waals surface area contributed by atoms with Gasteiger partial charge in [-0.15, -0.1) is 0 Å². The molecular formula is C16H15BrN4O. The number of carbonyl (C=O) groups excluding carboxylic acids is 1. The molecule has 0 radical (unpaired) electrons. The highest BCUT2D eigenvalue weighted by Crippen LogP contribution is 2.17. The molecule has 22 heavy (non-hydrogen) atoms. The lowest BCUT2D eigenvalue weighted by atomic mass is 10.2. The zero-order valence-corrected chi connectivity index (χ0v) is 13.7. The number of fused-ring (bicyclic) bond motifs is 1. The molecule has 3 rings (SSSR count). The van der Waals surface area contributed by atoms with Crippen molar-refractivity contribution in [2.45, 2.75) is 19.9 Å². The van der Waals surface area contributed by atoms with Gasteiger partial charge in [-0.05, 0) is 46.6 Å². The summed E-state index contributed by atoms with van der Waals surface area (Å²) in [6.07, 6.45) is 4.27. The average molecular weight is 359 g/mol. The molecule has 0 atom stereocenters. The number of halogens is 1. The Kier molecular flexibility index (Phi) is 4.20. The Morgan fingerprint density at radius 2 is 2.18 bits per heavy atom. The van der Waals surface area contributed by atoms with Crippen LogP contribution in [0.2, 0.25) is 0 Å². The van der Waals surface area contributed by atoms with Crippen molar-refractivity contribution in [3.63, 3.8) is 0 Å². The average Bonchev–Trinajstić information content (AvgIpc) is 2.91. The van der Waals surface area contributed by atoms with E-state index in [4.69, 9.17) is 0 Å². The van der Waals surface area contributed by atoms with Crippen LogP contribution in [-0.4, -0.2) is 20.3 Å².